The quantitative estimate of drug-likeness (QED) is 0.182. The molecule has 240 valence electrons. The van der Waals surface area contributed by atoms with Crippen LogP contribution in [0, 0.1) is 29.1 Å². The first kappa shape index (κ1) is 30.9. The predicted octanol–water partition coefficient (Wildman–Crippen LogP) is 11.2. The molecule has 2 aliphatic carbocycles. The molecule has 0 spiro atoms. The Morgan fingerprint density at radius 1 is 0.551 bits per heavy atom. The van der Waals surface area contributed by atoms with Gasteiger partial charge in [-0.25, -0.2) is 15.0 Å². The second-order valence-corrected chi connectivity index (χ2v) is 14.6. The number of fused-ring (bicyclic) bond motifs is 2. The molecule has 1 heterocycles. The fourth-order valence-electron chi connectivity index (χ4n) is 8.74. The summed E-state index contributed by atoms with van der Waals surface area (Å²) in [7, 11) is 0. The normalized spacial score (nSPS) is 21.5. The lowest BCUT2D eigenvalue weighted by atomic mass is 9.57. The molecular weight excluding hydrogens is 597 g/mol. The Labute approximate surface area is 289 Å². The molecule has 5 aromatic carbocycles. The van der Waals surface area contributed by atoms with Crippen LogP contribution < -0.4 is 0 Å². The summed E-state index contributed by atoms with van der Waals surface area (Å²) in [5.41, 5.74) is 9.78. The Kier molecular flexibility index (Phi) is 8.14. The fraction of sp³-hybridized carbons (Fsp3) is 0.244. The van der Waals surface area contributed by atoms with Crippen molar-refractivity contribution in [3.05, 3.63) is 139 Å². The average molecular weight is 637 g/mol. The lowest BCUT2D eigenvalue weighted by Crippen LogP contribution is -2.38. The average Bonchev–Trinajstić information content (AvgIpc) is 3.14. The highest BCUT2D eigenvalue weighted by molar-refractivity contribution is 5.85. The molecule has 4 atom stereocenters. The molecule has 49 heavy (non-hydrogen) atoms. The Hall–Kier alpha value is -5.40. The first-order valence-corrected chi connectivity index (χ1v) is 17.6. The number of hydrogen-bond acceptors (Lipinski definition) is 4. The van der Waals surface area contributed by atoms with E-state index in [-0.39, 0.29) is 5.41 Å². The zero-order valence-electron chi connectivity index (χ0n) is 28.2. The molecule has 2 saturated carbocycles. The van der Waals surface area contributed by atoms with Gasteiger partial charge >= 0.3 is 0 Å². The summed E-state index contributed by atoms with van der Waals surface area (Å²) in [6, 6.07) is 46.2. The molecule has 6 aromatic rings. The minimum absolute atomic E-state index is 0.223. The van der Waals surface area contributed by atoms with Gasteiger partial charge in [0.2, 0.25) is 0 Å². The van der Waals surface area contributed by atoms with Gasteiger partial charge in [-0.15, -0.1) is 0 Å². The summed E-state index contributed by atoms with van der Waals surface area (Å²) >= 11 is 0. The molecule has 4 nitrogen and oxygen atoms in total. The van der Waals surface area contributed by atoms with Gasteiger partial charge in [0.15, 0.2) is 17.5 Å². The summed E-state index contributed by atoms with van der Waals surface area (Å²) in [6.07, 6.45) is 6.77. The Bertz CT molecular complexity index is 2140. The van der Waals surface area contributed by atoms with Crippen LogP contribution in [0.1, 0.15) is 57.1 Å². The summed E-state index contributed by atoms with van der Waals surface area (Å²) < 4.78 is 0. The van der Waals surface area contributed by atoms with Gasteiger partial charge in [-0.1, -0.05) is 111 Å². The smallest absolute Gasteiger partial charge is 0.164 e. The van der Waals surface area contributed by atoms with Crippen LogP contribution in [-0.2, 0) is 5.41 Å². The Morgan fingerprint density at radius 3 is 1.69 bits per heavy atom. The predicted molar refractivity (Wildman–Crippen MR) is 198 cm³/mol. The van der Waals surface area contributed by atoms with E-state index in [1.165, 1.54) is 54.4 Å². The molecule has 0 saturated heterocycles. The first-order chi connectivity index (χ1) is 23.9. The van der Waals surface area contributed by atoms with Crippen molar-refractivity contribution in [3.8, 4) is 62.5 Å². The van der Waals surface area contributed by atoms with E-state index in [0.717, 1.165) is 40.0 Å². The molecule has 0 N–H and O–H groups in total. The third-order valence-corrected chi connectivity index (χ3v) is 10.8. The van der Waals surface area contributed by atoms with E-state index in [2.05, 4.69) is 92.7 Å². The molecule has 0 amide bonds. The molecule has 8 rings (SSSR count). The van der Waals surface area contributed by atoms with Crippen LogP contribution in [-0.4, -0.2) is 15.0 Å². The topological polar surface area (TPSA) is 62.5 Å². The maximum Gasteiger partial charge on any atom is 0.164 e. The van der Waals surface area contributed by atoms with Gasteiger partial charge in [-0.3, -0.25) is 0 Å². The molecule has 2 bridgehead atoms. The number of nitrogens with zero attached hydrogens (tertiary/aromatic N) is 4. The van der Waals surface area contributed by atoms with Crippen LogP contribution in [0.15, 0.2) is 127 Å². The van der Waals surface area contributed by atoms with Gasteiger partial charge in [0, 0.05) is 16.7 Å². The summed E-state index contributed by atoms with van der Waals surface area (Å²) in [5.74, 6) is 4.36. The second kappa shape index (κ2) is 12.9. The number of hydrogen-bond donors (Lipinski definition) is 0. The summed E-state index contributed by atoms with van der Waals surface area (Å²) in [5, 5.41) is 9.33. The van der Waals surface area contributed by atoms with Crippen molar-refractivity contribution in [2.75, 3.05) is 0 Å². The van der Waals surface area contributed by atoms with E-state index in [4.69, 9.17) is 15.0 Å². The van der Waals surface area contributed by atoms with Gasteiger partial charge in [-0.05, 0) is 113 Å². The van der Waals surface area contributed by atoms with Crippen molar-refractivity contribution in [2.45, 2.75) is 51.4 Å². The minimum Gasteiger partial charge on any atom is -0.208 e. The lowest BCUT2D eigenvalue weighted by molar-refractivity contribution is 0.0899. The van der Waals surface area contributed by atoms with Crippen LogP contribution in [0.3, 0.4) is 0 Å². The van der Waals surface area contributed by atoms with Crippen LogP contribution in [0.25, 0.3) is 56.4 Å². The van der Waals surface area contributed by atoms with Gasteiger partial charge in [-0.2, -0.15) is 5.26 Å². The standard InChI is InChI=1S/C45H40N4/c1-30-22-32-24-33(23-30)28-45(2,27-32)39-15-9-13-37(26-39)41-17-7-6-16-40(41)36-12-8-14-38(25-36)44-48-42(34-10-4-3-5-11-34)47-43(49-44)35-20-18-31(29-46)19-21-35/h3-21,25-26,30,32-33H,22-24,27-28H2,1-2H3/t30?,32-,33?,45?/m1/s1. The highest BCUT2D eigenvalue weighted by Gasteiger charge is 2.41. The highest BCUT2D eigenvalue weighted by Crippen LogP contribution is 2.51. The van der Waals surface area contributed by atoms with Crippen molar-refractivity contribution in [1.82, 2.24) is 15.0 Å². The lowest BCUT2D eigenvalue weighted by Gasteiger charge is -2.47. The Morgan fingerprint density at radius 2 is 1.06 bits per heavy atom. The molecule has 4 heteroatoms. The van der Waals surface area contributed by atoms with E-state index in [1.807, 2.05) is 42.5 Å². The van der Waals surface area contributed by atoms with Gasteiger partial charge in [0.25, 0.3) is 0 Å². The fourth-order valence-corrected chi connectivity index (χ4v) is 8.74. The van der Waals surface area contributed by atoms with Crippen LogP contribution in [0.5, 0.6) is 0 Å². The van der Waals surface area contributed by atoms with Crippen molar-refractivity contribution < 1.29 is 0 Å². The number of aromatic nitrogens is 3. The second-order valence-electron chi connectivity index (χ2n) is 14.6. The number of nitriles is 1. The SMILES string of the molecule is CC1CC2C[C@@H](C1)CC(C)(c1cccc(-c3ccccc3-c3cccc(-c4nc(-c5ccccc5)nc(-c5ccc(C#N)cc5)n4)c3)c1)C2. The largest absolute Gasteiger partial charge is 0.208 e. The zero-order valence-corrected chi connectivity index (χ0v) is 28.2. The first-order valence-electron chi connectivity index (χ1n) is 17.6. The van der Waals surface area contributed by atoms with Crippen LogP contribution >= 0.6 is 0 Å². The molecular formula is C45H40N4. The van der Waals surface area contributed by atoms with Crippen molar-refractivity contribution in [1.29, 1.82) is 5.26 Å². The maximum absolute atomic E-state index is 9.33. The molecule has 0 radical (unpaired) electrons. The molecule has 2 fully saturated rings. The summed E-state index contributed by atoms with van der Waals surface area (Å²) in [6.45, 7) is 4.97. The van der Waals surface area contributed by atoms with Gasteiger partial charge < -0.3 is 0 Å². The van der Waals surface area contributed by atoms with Crippen molar-refractivity contribution in [3.63, 3.8) is 0 Å². The monoisotopic (exact) mass is 636 g/mol. The highest BCUT2D eigenvalue weighted by atomic mass is 15.0. The molecule has 2 aliphatic rings. The third-order valence-electron chi connectivity index (χ3n) is 10.8. The maximum atomic E-state index is 9.33. The van der Waals surface area contributed by atoms with E-state index in [9.17, 15) is 5.26 Å². The molecule has 0 aliphatic heterocycles. The van der Waals surface area contributed by atoms with Crippen molar-refractivity contribution >= 4 is 0 Å². The summed E-state index contributed by atoms with van der Waals surface area (Å²) in [4.78, 5) is 14.8. The van der Waals surface area contributed by atoms with E-state index >= 15 is 0 Å². The van der Waals surface area contributed by atoms with E-state index < -0.39 is 0 Å². The molecule has 1 aromatic heterocycles. The third kappa shape index (κ3) is 6.30. The zero-order chi connectivity index (χ0) is 33.4. The molecule has 3 unspecified atom stereocenters. The van der Waals surface area contributed by atoms with E-state index in [0.29, 0.717) is 23.0 Å². The van der Waals surface area contributed by atoms with E-state index in [1.54, 1.807) is 12.1 Å². The van der Waals surface area contributed by atoms with Crippen LogP contribution in [0.4, 0.5) is 0 Å². The van der Waals surface area contributed by atoms with Crippen molar-refractivity contribution in [2.24, 2.45) is 17.8 Å². The number of benzene rings is 5. The minimum atomic E-state index is 0.223. The Balaban J connectivity index is 1.17. The van der Waals surface area contributed by atoms with Gasteiger partial charge in [0.05, 0.1) is 11.6 Å². The van der Waals surface area contributed by atoms with Crippen LogP contribution in [0.2, 0.25) is 0 Å². The number of rotatable bonds is 6. The van der Waals surface area contributed by atoms with Gasteiger partial charge in [0.1, 0.15) is 0 Å².